The lowest BCUT2D eigenvalue weighted by Crippen LogP contribution is -2.26. The molecule has 0 bridgehead atoms. The van der Waals surface area contributed by atoms with Crippen molar-refractivity contribution in [2.75, 3.05) is 19.8 Å². The molecule has 1 aromatic carbocycles. The lowest BCUT2D eigenvalue weighted by atomic mass is 9.87. The van der Waals surface area contributed by atoms with Crippen LogP contribution < -0.4 is 10.1 Å². The Morgan fingerprint density at radius 1 is 1.47 bits per heavy atom. The lowest BCUT2D eigenvalue weighted by Gasteiger charge is -2.28. The molecule has 3 N–H and O–H groups in total. The van der Waals surface area contributed by atoms with Crippen molar-refractivity contribution < 1.29 is 14.9 Å². The minimum absolute atomic E-state index is 0.138. The van der Waals surface area contributed by atoms with E-state index in [1.54, 1.807) is 0 Å². The summed E-state index contributed by atoms with van der Waals surface area (Å²) in [5.74, 6) is 0.840. The number of rotatable bonds is 6. The molecular formula is C15H23NO3. The summed E-state index contributed by atoms with van der Waals surface area (Å²) in [4.78, 5) is 0. The monoisotopic (exact) mass is 265 g/mol. The molecule has 0 fully saturated rings. The van der Waals surface area contributed by atoms with E-state index in [1.807, 2.05) is 12.1 Å². The Morgan fingerprint density at radius 3 is 3.05 bits per heavy atom. The van der Waals surface area contributed by atoms with Crippen LogP contribution in [0.15, 0.2) is 18.2 Å². The second-order valence-electron chi connectivity index (χ2n) is 4.97. The minimum Gasteiger partial charge on any atom is -0.491 e. The van der Waals surface area contributed by atoms with E-state index in [0.717, 1.165) is 31.6 Å². The molecule has 1 aliphatic rings. The van der Waals surface area contributed by atoms with E-state index in [4.69, 9.17) is 9.84 Å². The fourth-order valence-electron chi connectivity index (χ4n) is 2.65. The van der Waals surface area contributed by atoms with Crippen molar-refractivity contribution in [1.29, 1.82) is 0 Å². The maximum atomic E-state index is 9.37. The summed E-state index contributed by atoms with van der Waals surface area (Å²) in [5.41, 5.74) is 2.55. The van der Waals surface area contributed by atoms with Crippen molar-refractivity contribution in [2.45, 2.75) is 38.3 Å². The molecule has 1 aromatic rings. The van der Waals surface area contributed by atoms with Crippen LogP contribution in [-0.4, -0.2) is 36.1 Å². The van der Waals surface area contributed by atoms with E-state index in [1.165, 1.54) is 11.1 Å². The average molecular weight is 265 g/mol. The van der Waals surface area contributed by atoms with E-state index in [-0.39, 0.29) is 13.2 Å². The molecule has 0 aliphatic heterocycles. The molecule has 0 saturated carbocycles. The Bertz CT molecular complexity index is 408. The van der Waals surface area contributed by atoms with Crippen LogP contribution in [0.1, 0.15) is 36.9 Å². The molecule has 2 atom stereocenters. The number of aliphatic hydroxyl groups is 2. The lowest BCUT2D eigenvalue weighted by molar-refractivity contribution is 0.0532. The van der Waals surface area contributed by atoms with Crippen LogP contribution in [0.2, 0.25) is 0 Å². The van der Waals surface area contributed by atoms with E-state index >= 15 is 0 Å². The molecule has 2 unspecified atom stereocenters. The molecule has 0 saturated heterocycles. The quantitative estimate of drug-likeness (QED) is 0.728. The highest BCUT2D eigenvalue weighted by atomic mass is 16.5. The van der Waals surface area contributed by atoms with Gasteiger partial charge in [-0.3, -0.25) is 0 Å². The van der Waals surface area contributed by atoms with Gasteiger partial charge in [-0.05, 0) is 43.0 Å². The Kier molecular flexibility index (Phi) is 5.19. The van der Waals surface area contributed by atoms with E-state index in [2.05, 4.69) is 18.3 Å². The second kappa shape index (κ2) is 6.89. The predicted octanol–water partition coefficient (Wildman–Crippen LogP) is 1.41. The summed E-state index contributed by atoms with van der Waals surface area (Å²) in [7, 11) is 0. The van der Waals surface area contributed by atoms with Gasteiger partial charge in [0.1, 0.15) is 18.5 Å². The fourth-order valence-corrected chi connectivity index (χ4v) is 2.65. The Morgan fingerprint density at radius 2 is 2.32 bits per heavy atom. The van der Waals surface area contributed by atoms with Crippen molar-refractivity contribution >= 4 is 0 Å². The molecular weight excluding hydrogens is 242 g/mol. The molecule has 4 heteroatoms. The van der Waals surface area contributed by atoms with Gasteiger partial charge in [-0.15, -0.1) is 0 Å². The first kappa shape index (κ1) is 14.3. The molecule has 0 amide bonds. The number of fused-ring (bicyclic) bond motifs is 1. The predicted molar refractivity (Wildman–Crippen MR) is 74.4 cm³/mol. The normalized spacial score (nSPS) is 19.8. The highest BCUT2D eigenvalue weighted by Gasteiger charge is 2.22. The van der Waals surface area contributed by atoms with Gasteiger partial charge in [-0.2, -0.15) is 0 Å². The number of ether oxygens (including phenoxy) is 1. The van der Waals surface area contributed by atoms with Gasteiger partial charge in [0.2, 0.25) is 0 Å². The highest BCUT2D eigenvalue weighted by molar-refractivity contribution is 5.43. The van der Waals surface area contributed by atoms with Crippen LogP contribution >= 0.6 is 0 Å². The fraction of sp³-hybridized carbons (Fsp3) is 0.600. The third kappa shape index (κ3) is 3.47. The van der Waals surface area contributed by atoms with Gasteiger partial charge in [0.15, 0.2) is 0 Å². The molecule has 0 spiro atoms. The number of aliphatic hydroxyl groups excluding tert-OH is 2. The molecule has 106 valence electrons. The summed E-state index contributed by atoms with van der Waals surface area (Å²) in [6.07, 6.45) is 2.50. The molecule has 1 aliphatic carbocycles. The van der Waals surface area contributed by atoms with Crippen molar-refractivity contribution in [3.8, 4) is 5.75 Å². The van der Waals surface area contributed by atoms with Crippen LogP contribution in [0.3, 0.4) is 0 Å². The highest BCUT2D eigenvalue weighted by Crippen LogP contribution is 2.35. The van der Waals surface area contributed by atoms with Gasteiger partial charge in [-0.1, -0.05) is 19.1 Å². The molecule has 0 radical (unpaired) electrons. The van der Waals surface area contributed by atoms with Crippen LogP contribution in [-0.2, 0) is 6.42 Å². The van der Waals surface area contributed by atoms with Crippen molar-refractivity contribution in [1.82, 2.24) is 5.32 Å². The van der Waals surface area contributed by atoms with Gasteiger partial charge in [-0.25, -0.2) is 0 Å². The van der Waals surface area contributed by atoms with Crippen molar-refractivity contribution in [3.63, 3.8) is 0 Å². The van der Waals surface area contributed by atoms with Gasteiger partial charge in [0.25, 0.3) is 0 Å². The second-order valence-corrected chi connectivity index (χ2v) is 4.97. The van der Waals surface area contributed by atoms with Gasteiger partial charge in [0.05, 0.1) is 6.61 Å². The summed E-state index contributed by atoms with van der Waals surface area (Å²) >= 11 is 0. The largest absolute Gasteiger partial charge is 0.491 e. The summed E-state index contributed by atoms with van der Waals surface area (Å²) in [5, 5.41) is 21.7. The minimum atomic E-state index is -0.816. The SMILES string of the molecule is CCNC1CCCc2c(OCC(O)CO)cccc21. The standard InChI is InChI=1S/C15H23NO3/c1-2-16-14-7-3-6-13-12(14)5-4-8-15(13)19-10-11(18)9-17/h4-5,8,11,14,16-18H,2-3,6-7,9-10H2,1H3. The molecule has 2 rings (SSSR count). The van der Waals surface area contributed by atoms with Crippen LogP contribution in [0.25, 0.3) is 0 Å². The Hall–Kier alpha value is -1.10. The Labute approximate surface area is 114 Å². The van der Waals surface area contributed by atoms with Gasteiger partial charge >= 0.3 is 0 Å². The summed E-state index contributed by atoms with van der Waals surface area (Å²) in [6, 6.07) is 6.49. The van der Waals surface area contributed by atoms with Crippen LogP contribution in [0.5, 0.6) is 5.75 Å². The first-order valence-electron chi connectivity index (χ1n) is 7.03. The van der Waals surface area contributed by atoms with E-state index < -0.39 is 6.10 Å². The van der Waals surface area contributed by atoms with Crippen molar-refractivity contribution in [2.24, 2.45) is 0 Å². The first-order valence-corrected chi connectivity index (χ1v) is 7.03. The molecule has 4 nitrogen and oxygen atoms in total. The number of benzene rings is 1. The van der Waals surface area contributed by atoms with Crippen LogP contribution in [0, 0.1) is 0 Å². The summed E-state index contributed by atoms with van der Waals surface area (Å²) < 4.78 is 5.65. The zero-order valence-corrected chi connectivity index (χ0v) is 11.4. The molecule has 19 heavy (non-hydrogen) atoms. The average Bonchev–Trinajstić information content (AvgIpc) is 2.45. The van der Waals surface area contributed by atoms with Gasteiger partial charge in [0, 0.05) is 6.04 Å². The number of hydrogen-bond acceptors (Lipinski definition) is 4. The third-order valence-electron chi connectivity index (χ3n) is 3.56. The molecule has 0 heterocycles. The maximum absolute atomic E-state index is 9.37. The topological polar surface area (TPSA) is 61.7 Å². The first-order chi connectivity index (χ1) is 9.26. The number of hydrogen-bond donors (Lipinski definition) is 3. The molecule has 0 aromatic heterocycles. The van der Waals surface area contributed by atoms with Gasteiger partial charge < -0.3 is 20.3 Å². The van der Waals surface area contributed by atoms with E-state index in [9.17, 15) is 5.11 Å². The smallest absolute Gasteiger partial charge is 0.122 e. The maximum Gasteiger partial charge on any atom is 0.122 e. The van der Waals surface area contributed by atoms with E-state index in [0.29, 0.717) is 6.04 Å². The number of nitrogens with one attached hydrogen (secondary N) is 1. The zero-order valence-electron chi connectivity index (χ0n) is 11.4. The van der Waals surface area contributed by atoms with Crippen LogP contribution in [0.4, 0.5) is 0 Å². The third-order valence-corrected chi connectivity index (χ3v) is 3.56. The summed E-state index contributed by atoms with van der Waals surface area (Å²) in [6.45, 7) is 2.94. The Balaban J connectivity index is 2.15. The van der Waals surface area contributed by atoms with Crippen molar-refractivity contribution in [3.05, 3.63) is 29.3 Å². The zero-order chi connectivity index (χ0) is 13.7.